The van der Waals surface area contributed by atoms with Gasteiger partial charge in [-0.05, 0) is 46.6 Å². The van der Waals surface area contributed by atoms with E-state index in [9.17, 15) is 9.50 Å². The van der Waals surface area contributed by atoms with E-state index in [2.05, 4.69) is 21.0 Å². The molecule has 0 radical (unpaired) electrons. The Morgan fingerprint density at radius 2 is 2.17 bits per heavy atom. The number of aliphatic hydroxyl groups is 1. The van der Waals surface area contributed by atoms with Crippen molar-refractivity contribution < 1.29 is 9.50 Å². The van der Waals surface area contributed by atoms with Crippen LogP contribution in [-0.2, 0) is 13.5 Å². The molecule has 0 saturated carbocycles. The lowest BCUT2D eigenvalue weighted by molar-refractivity contribution is 0.168. The van der Waals surface area contributed by atoms with Crippen LogP contribution in [0.1, 0.15) is 23.1 Å². The van der Waals surface area contributed by atoms with E-state index in [1.165, 1.54) is 6.07 Å². The van der Waals surface area contributed by atoms with E-state index >= 15 is 0 Å². The van der Waals surface area contributed by atoms with Gasteiger partial charge in [0, 0.05) is 13.5 Å². The molecule has 3 nitrogen and oxygen atoms in total. The Morgan fingerprint density at radius 3 is 2.72 bits per heavy atom. The highest BCUT2D eigenvalue weighted by Crippen LogP contribution is 2.22. The molecule has 0 aliphatic carbocycles. The Labute approximate surface area is 113 Å². The van der Waals surface area contributed by atoms with Crippen molar-refractivity contribution in [3.05, 3.63) is 51.5 Å². The Morgan fingerprint density at radius 1 is 1.44 bits per heavy atom. The number of aryl methyl sites for hydroxylation is 2. The van der Waals surface area contributed by atoms with Crippen LogP contribution in [0, 0.1) is 12.7 Å². The van der Waals surface area contributed by atoms with Crippen molar-refractivity contribution in [2.75, 3.05) is 0 Å². The van der Waals surface area contributed by atoms with Gasteiger partial charge in [-0.2, -0.15) is 5.10 Å². The average molecular weight is 313 g/mol. The normalized spacial score (nSPS) is 12.7. The summed E-state index contributed by atoms with van der Waals surface area (Å²) in [5.41, 5.74) is 2.49. The molecule has 1 atom stereocenters. The van der Waals surface area contributed by atoms with Gasteiger partial charge in [0.2, 0.25) is 0 Å². The van der Waals surface area contributed by atoms with Gasteiger partial charge in [0.05, 0.1) is 22.0 Å². The maximum atomic E-state index is 13.1. The zero-order valence-electron chi connectivity index (χ0n) is 10.2. The molecule has 0 fully saturated rings. The molecule has 1 aromatic carbocycles. The molecule has 1 N–H and O–H groups in total. The van der Waals surface area contributed by atoms with Crippen molar-refractivity contribution in [3.8, 4) is 0 Å². The topological polar surface area (TPSA) is 38.0 Å². The van der Waals surface area contributed by atoms with Crippen LogP contribution >= 0.6 is 15.9 Å². The number of rotatable bonds is 3. The molecule has 0 amide bonds. The molecule has 0 saturated heterocycles. The van der Waals surface area contributed by atoms with Crippen LogP contribution in [0.15, 0.2) is 28.7 Å². The van der Waals surface area contributed by atoms with Crippen LogP contribution < -0.4 is 0 Å². The monoisotopic (exact) mass is 312 g/mol. The molecule has 1 aromatic heterocycles. The molecule has 1 heterocycles. The lowest BCUT2D eigenvalue weighted by Gasteiger charge is -2.11. The summed E-state index contributed by atoms with van der Waals surface area (Å²) in [5.74, 6) is -0.301. The van der Waals surface area contributed by atoms with Crippen LogP contribution in [0.25, 0.3) is 0 Å². The Hall–Kier alpha value is -1.20. The SMILES string of the molecule is Cc1cc(C(O)Cc2ccc(F)c(Br)c2)n(C)n1. The zero-order valence-corrected chi connectivity index (χ0v) is 11.8. The minimum absolute atomic E-state index is 0.301. The number of aromatic nitrogens is 2. The predicted molar refractivity (Wildman–Crippen MR) is 70.7 cm³/mol. The second-order valence-electron chi connectivity index (χ2n) is 4.30. The fourth-order valence-corrected chi connectivity index (χ4v) is 2.36. The van der Waals surface area contributed by atoms with Gasteiger partial charge in [-0.3, -0.25) is 4.68 Å². The van der Waals surface area contributed by atoms with E-state index in [-0.39, 0.29) is 5.82 Å². The molecule has 0 bridgehead atoms. The van der Waals surface area contributed by atoms with E-state index in [1.54, 1.807) is 23.9 Å². The van der Waals surface area contributed by atoms with Crippen molar-refractivity contribution in [1.29, 1.82) is 0 Å². The molecule has 96 valence electrons. The number of aliphatic hydroxyl groups excluding tert-OH is 1. The molecule has 1 unspecified atom stereocenters. The second kappa shape index (κ2) is 5.20. The van der Waals surface area contributed by atoms with Crippen molar-refractivity contribution in [1.82, 2.24) is 9.78 Å². The average Bonchev–Trinajstić information content (AvgIpc) is 2.63. The fraction of sp³-hybridized carbons (Fsp3) is 0.308. The van der Waals surface area contributed by atoms with Gasteiger partial charge in [-0.15, -0.1) is 0 Å². The summed E-state index contributed by atoms with van der Waals surface area (Å²) < 4.78 is 15.2. The first kappa shape index (κ1) is 13.2. The zero-order chi connectivity index (χ0) is 13.3. The summed E-state index contributed by atoms with van der Waals surface area (Å²) in [6.45, 7) is 1.88. The van der Waals surface area contributed by atoms with Crippen molar-refractivity contribution in [2.24, 2.45) is 7.05 Å². The molecule has 2 aromatic rings. The minimum atomic E-state index is -0.645. The lowest BCUT2D eigenvalue weighted by Crippen LogP contribution is -2.08. The molecular weight excluding hydrogens is 299 g/mol. The first-order valence-electron chi connectivity index (χ1n) is 5.60. The van der Waals surface area contributed by atoms with Crippen LogP contribution in [0.5, 0.6) is 0 Å². The molecule has 0 aliphatic heterocycles. The summed E-state index contributed by atoms with van der Waals surface area (Å²) in [6, 6.07) is 6.60. The Kier molecular flexibility index (Phi) is 3.82. The Bertz CT molecular complexity index is 568. The highest BCUT2D eigenvalue weighted by Gasteiger charge is 2.14. The lowest BCUT2D eigenvalue weighted by atomic mass is 10.1. The molecular formula is C13H14BrFN2O. The minimum Gasteiger partial charge on any atom is -0.386 e. The summed E-state index contributed by atoms with van der Waals surface area (Å²) in [6.07, 6.45) is -0.216. The fourth-order valence-electron chi connectivity index (χ4n) is 1.94. The van der Waals surface area contributed by atoms with Crippen LogP contribution in [0.4, 0.5) is 4.39 Å². The van der Waals surface area contributed by atoms with E-state index in [0.717, 1.165) is 17.0 Å². The Balaban J connectivity index is 2.18. The van der Waals surface area contributed by atoms with Crippen LogP contribution in [0.3, 0.4) is 0 Å². The summed E-state index contributed by atoms with van der Waals surface area (Å²) in [7, 11) is 1.80. The quantitative estimate of drug-likeness (QED) is 0.946. The van der Waals surface area contributed by atoms with Gasteiger partial charge < -0.3 is 5.11 Å². The van der Waals surface area contributed by atoms with Gasteiger partial charge in [0.15, 0.2) is 0 Å². The number of hydrogen-bond acceptors (Lipinski definition) is 2. The number of nitrogens with zero attached hydrogens (tertiary/aromatic N) is 2. The van der Waals surface area contributed by atoms with E-state index in [1.807, 2.05) is 13.0 Å². The molecule has 5 heteroatoms. The third kappa shape index (κ3) is 2.79. The van der Waals surface area contributed by atoms with Gasteiger partial charge >= 0.3 is 0 Å². The highest BCUT2D eigenvalue weighted by molar-refractivity contribution is 9.10. The molecule has 18 heavy (non-hydrogen) atoms. The van der Waals surface area contributed by atoms with Crippen LogP contribution in [0.2, 0.25) is 0 Å². The second-order valence-corrected chi connectivity index (χ2v) is 5.16. The van der Waals surface area contributed by atoms with E-state index < -0.39 is 6.10 Å². The van der Waals surface area contributed by atoms with Gasteiger partial charge in [-0.25, -0.2) is 4.39 Å². The first-order valence-corrected chi connectivity index (χ1v) is 6.39. The maximum Gasteiger partial charge on any atom is 0.137 e. The third-order valence-electron chi connectivity index (χ3n) is 2.79. The first-order chi connectivity index (χ1) is 8.47. The largest absolute Gasteiger partial charge is 0.386 e. The molecule has 2 rings (SSSR count). The van der Waals surface area contributed by atoms with Crippen molar-refractivity contribution in [2.45, 2.75) is 19.4 Å². The van der Waals surface area contributed by atoms with Crippen molar-refractivity contribution >= 4 is 15.9 Å². The number of benzene rings is 1. The third-order valence-corrected chi connectivity index (χ3v) is 3.40. The standard InChI is InChI=1S/C13H14BrFN2O/c1-8-5-12(17(2)16-8)13(18)7-9-3-4-11(15)10(14)6-9/h3-6,13,18H,7H2,1-2H3. The number of hydrogen-bond donors (Lipinski definition) is 1. The molecule has 0 aliphatic rings. The maximum absolute atomic E-state index is 13.1. The molecule has 0 spiro atoms. The summed E-state index contributed by atoms with van der Waals surface area (Å²) in [4.78, 5) is 0. The highest BCUT2D eigenvalue weighted by atomic mass is 79.9. The van der Waals surface area contributed by atoms with Gasteiger partial charge in [0.25, 0.3) is 0 Å². The summed E-state index contributed by atoms with van der Waals surface area (Å²) >= 11 is 3.14. The number of halogens is 2. The van der Waals surface area contributed by atoms with E-state index in [0.29, 0.717) is 10.9 Å². The summed E-state index contributed by atoms with van der Waals surface area (Å²) in [5, 5.41) is 14.4. The van der Waals surface area contributed by atoms with Gasteiger partial charge in [0.1, 0.15) is 5.82 Å². The van der Waals surface area contributed by atoms with Gasteiger partial charge in [-0.1, -0.05) is 6.07 Å². The smallest absolute Gasteiger partial charge is 0.137 e. The van der Waals surface area contributed by atoms with E-state index in [4.69, 9.17) is 0 Å². The van der Waals surface area contributed by atoms with Crippen molar-refractivity contribution in [3.63, 3.8) is 0 Å². The van der Waals surface area contributed by atoms with Crippen LogP contribution in [-0.4, -0.2) is 14.9 Å². The predicted octanol–water partition coefficient (Wildman–Crippen LogP) is 2.91.